The van der Waals surface area contributed by atoms with Crippen LogP contribution in [0.1, 0.15) is 46.5 Å². The fraction of sp³-hybridized carbons (Fsp3) is 0.923. The van der Waals surface area contributed by atoms with Gasteiger partial charge in [0, 0.05) is 25.4 Å². The topological polar surface area (TPSA) is 29.5 Å². The highest BCUT2D eigenvalue weighted by molar-refractivity contribution is 5.69. The minimum absolute atomic E-state index is 0.0560. The van der Waals surface area contributed by atoms with Crippen LogP contribution in [0.4, 0.5) is 13.6 Å². The number of hydrogen-bond acceptors (Lipinski definition) is 2. The predicted molar refractivity (Wildman–Crippen MR) is 63.6 cm³/mol. The molecule has 0 spiro atoms. The van der Waals surface area contributed by atoms with Gasteiger partial charge >= 0.3 is 6.09 Å². The molecule has 1 atom stereocenters. The second kappa shape index (κ2) is 4.35. The summed E-state index contributed by atoms with van der Waals surface area (Å²) in [6.07, 6.45) is 1.17. The Morgan fingerprint density at radius 3 is 2.44 bits per heavy atom. The van der Waals surface area contributed by atoms with E-state index in [-0.39, 0.29) is 30.9 Å². The van der Waals surface area contributed by atoms with Gasteiger partial charge in [-0.25, -0.2) is 13.6 Å². The number of rotatable bonds is 1. The van der Waals surface area contributed by atoms with Crippen LogP contribution < -0.4 is 0 Å². The molecule has 1 amide bonds. The second-order valence-electron chi connectivity index (χ2n) is 6.41. The third-order valence-corrected chi connectivity index (χ3v) is 3.59. The molecule has 0 radical (unpaired) electrons. The SMILES string of the molecule is CC(C)(C)OC(=O)N1CCC[C@H]1C1CC(F)(F)C1. The van der Waals surface area contributed by atoms with E-state index >= 15 is 0 Å². The van der Waals surface area contributed by atoms with Crippen LogP contribution in [-0.4, -0.2) is 35.1 Å². The van der Waals surface area contributed by atoms with Gasteiger partial charge in [0.25, 0.3) is 0 Å². The van der Waals surface area contributed by atoms with E-state index in [1.807, 2.05) is 20.8 Å². The molecule has 0 unspecified atom stereocenters. The van der Waals surface area contributed by atoms with Crippen LogP contribution in [0.2, 0.25) is 0 Å². The Balaban J connectivity index is 1.94. The molecule has 0 aromatic carbocycles. The molecule has 2 fully saturated rings. The minimum Gasteiger partial charge on any atom is -0.444 e. The lowest BCUT2D eigenvalue weighted by Gasteiger charge is -2.42. The van der Waals surface area contributed by atoms with Crippen molar-refractivity contribution in [1.82, 2.24) is 4.90 Å². The molecule has 18 heavy (non-hydrogen) atoms. The Morgan fingerprint density at radius 2 is 1.94 bits per heavy atom. The molecule has 3 nitrogen and oxygen atoms in total. The smallest absolute Gasteiger partial charge is 0.410 e. The van der Waals surface area contributed by atoms with Crippen LogP contribution in [0.25, 0.3) is 0 Å². The first-order valence-corrected chi connectivity index (χ1v) is 6.55. The van der Waals surface area contributed by atoms with Crippen LogP contribution in [0, 0.1) is 5.92 Å². The quantitative estimate of drug-likeness (QED) is 0.723. The molecule has 2 aliphatic rings. The molecular weight excluding hydrogens is 240 g/mol. The van der Waals surface area contributed by atoms with Crippen LogP contribution in [0.3, 0.4) is 0 Å². The number of nitrogens with zero attached hydrogens (tertiary/aromatic N) is 1. The molecule has 0 aromatic heterocycles. The van der Waals surface area contributed by atoms with Crippen LogP contribution in [-0.2, 0) is 4.74 Å². The van der Waals surface area contributed by atoms with Gasteiger partial charge in [-0.05, 0) is 39.5 Å². The van der Waals surface area contributed by atoms with Crippen molar-refractivity contribution in [2.24, 2.45) is 5.92 Å². The maximum atomic E-state index is 12.9. The Hall–Kier alpha value is -0.870. The number of alkyl halides is 2. The normalized spacial score (nSPS) is 28.1. The van der Waals surface area contributed by atoms with Crippen molar-refractivity contribution in [2.75, 3.05) is 6.54 Å². The van der Waals surface area contributed by atoms with Crippen LogP contribution in [0.15, 0.2) is 0 Å². The summed E-state index contributed by atoms with van der Waals surface area (Å²) in [5, 5.41) is 0. The van der Waals surface area contributed by atoms with Gasteiger partial charge in [-0.2, -0.15) is 0 Å². The Kier molecular flexibility index (Phi) is 3.28. The largest absolute Gasteiger partial charge is 0.444 e. The molecule has 1 saturated carbocycles. The summed E-state index contributed by atoms with van der Waals surface area (Å²) in [7, 11) is 0. The molecule has 1 saturated heterocycles. The summed E-state index contributed by atoms with van der Waals surface area (Å²) in [4.78, 5) is 13.6. The number of carbonyl (C=O) groups excluding carboxylic acids is 1. The van der Waals surface area contributed by atoms with Crippen LogP contribution in [0.5, 0.6) is 0 Å². The summed E-state index contributed by atoms with van der Waals surface area (Å²) in [5.74, 6) is -2.58. The molecule has 0 N–H and O–H groups in total. The van der Waals surface area contributed by atoms with E-state index in [0.29, 0.717) is 6.54 Å². The Bertz CT molecular complexity index is 330. The van der Waals surface area contributed by atoms with Gasteiger partial charge in [-0.1, -0.05) is 0 Å². The average molecular weight is 261 g/mol. The van der Waals surface area contributed by atoms with Gasteiger partial charge in [0.15, 0.2) is 0 Å². The van der Waals surface area contributed by atoms with Gasteiger partial charge in [-0.15, -0.1) is 0 Å². The maximum Gasteiger partial charge on any atom is 0.410 e. The van der Waals surface area contributed by atoms with Crippen molar-refractivity contribution in [3.63, 3.8) is 0 Å². The van der Waals surface area contributed by atoms with Crippen molar-refractivity contribution >= 4 is 6.09 Å². The zero-order valence-electron chi connectivity index (χ0n) is 11.2. The van der Waals surface area contributed by atoms with Crippen molar-refractivity contribution in [3.05, 3.63) is 0 Å². The third-order valence-electron chi connectivity index (χ3n) is 3.59. The van der Waals surface area contributed by atoms with E-state index in [9.17, 15) is 13.6 Å². The number of carbonyl (C=O) groups is 1. The minimum atomic E-state index is -2.52. The number of halogens is 2. The monoisotopic (exact) mass is 261 g/mol. The van der Waals surface area contributed by atoms with E-state index in [1.54, 1.807) is 4.90 Å². The lowest BCUT2D eigenvalue weighted by molar-refractivity contribution is -0.127. The van der Waals surface area contributed by atoms with Gasteiger partial charge in [-0.3, -0.25) is 0 Å². The molecule has 0 bridgehead atoms. The highest BCUT2D eigenvalue weighted by Gasteiger charge is 2.51. The number of ether oxygens (including phenoxy) is 1. The fourth-order valence-corrected chi connectivity index (χ4v) is 2.81. The van der Waals surface area contributed by atoms with Crippen molar-refractivity contribution in [2.45, 2.75) is 64.0 Å². The van der Waals surface area contributed by atoms with E-state index in [1.165, 1.54) is 0 Å². The molecule has 104 valence electrons. The highest BCUT2D eigenvalue weighted by Crippen LogP contribution is 2.47. The lowest BCUT2D eigenvalue weighted by Crippen LogP contribution is -2.49. The summed E-state index contributed by atoms with van der Waals surface area (Å²) >= 11 is 0. The molecule has 1 aliphatic heterocycles. The summed E-state index contributed by atoms with van der Waals surface area (Å²) < 4.78 is 31.1. The van der Waals surface area contributed by atoms with Gasteiger partial charge in [0.1, 0.15) is 5.60 Å². The first kappa shape index (κ1) is 13.6. The van der Waals surface area contributed by atoms with E-state index in [2.05, 4.69) is 0 Å². The molecular formula is C13H21F2NO2. The molecule has 1 aliphatic carbocycles. The molecule has 2 rings (SSSR count). The number of amides is 1. The van der Waals surface area contributed by atoms with E-state index in [4.69, 9.17) is 4.74 Å². The lowest BCUT2D eigenvalue weighted by atomic mass is 9.75. The molecule has 1 heterocycles. The zero-order valence-corrected chi connectivity index (χ0v) is 11.2. The summed E-state index contributed by atoms with van der Waals surface area (Å²) in [6.45, 7) is 6.07. The number of hydrogen-bond donors (Lipinski definition) is 0. The molecule has 0 aromatic rings. The Morgan fingerprint density at radius 1 is 1.33 bits per heavy atom. The van der Waals surface area contributed by atoms with Crippen LogP contribution >= 0.6 is 0 Å². The number of likely N-dealkylation sites (tertiary alicyclic amines) is 1. The highest BCUT2D eigenvalue weighted by atomic mass is 19.3. The maximum absolute atomic E-state index is 12.9. The third kappa shape index (κ3) is 2.93. The first-order valence-electron chi connectivity index (χ1n) is 6.55. The first-order chi connectivity index (χ1) is 8.18. The average Bonchev–Trinajstić information content (AvgIpc) is 2.58. The zero-order chi connectivity index (χ0) is 13.6. The van der Waals surface area contributed by atoms with Gasteiger partial charge in [0.2, 0.25) is 5.92 Å². The second-order valence-corrected chi connectivity index (χ2v) is 6.41. The van der Waals surface area contributed by atoms with Gasteiger partial charge < -0.3 is 9.64 Å². The van der Waals surface area contributed by atoms with E-state index in [0.717, 1.165) is 12.8 Å². The van der Waals surface area contributed by atoms with Crippen molar-refractivity contribution in [3.8, 4) is 0 Å². The van der Waals surface area contributed by atoms with Gasteiger partial charge in [0.05, 0.1) is 0 Å². The summed E-state index contributed by atoms with van der Waals surface area (Å²) in [6, 6.07) is -0.0560. The Labute approximate surface area is 106 Å². The van der Waals surface area contributed by atoms with Crippen molar-refractivity contribution in [1.29, 1.82) is 0 Å². The summed E-state index contributed by atoms with van der Waals surface area (Å²) in [5.41, 5.74) is -0.534. The molecule has 5 heteroatoms. The van der Waals surface area contributed by atoms with Crippen molar-refractivity contribution < 1.29 is 18.3 Å². The predicted octanol–water partition coefficient (Wildman–Crippen LogP) is 3.43. The van der Waals surface area contributed by atoms with E-state index < -0.39 is 11.5 Å². The standard InChI is InChI=1S/C13H21F2NO2/c1-12(2,3)18-11(17)16-6-4-5-10(16)9-7-13(14,15)8-9/h9-10H,4-8H2,1-3H3/t10-/m0/s1. The fourth-order valence-electron chi connectivity index (χ4n) is 2.81.